The van der Waals surface area contributed by atoms with Crippen molar-refractivity contribution in [3.63, 3.8) is 0 Å². The first-order chi connectivity index (χ1) is 18.3. The van der Waals surface area contributed by atoms with E-state index in [4.69, 9.17) is 4.74 Å². The smallest absolute Gasteiger partial charge is 0.195 e. The third-order valence-corrected chi connectivity index (χ3v) is 9.05. The van der Waals surface area contributed by atoms with Crippen LogP contribution in [0.1, 0.15) is 71.9 Å². The summed E-state index contributed by atoms with van der Waals surface area (Å²) in [5.74, 6) is 0.0426. The molecule has 7 heteroatoms. The fourth-order valence-electron chi connectivity index (χ4n) is 6.76. The predicted molar refractivity (Wildman–Crippen MR) is 147 cm³/mol. The lowest BCUT2D eigenvalue weighted by molar-refractivity contribution is -0.0108. The van der Waals surface area contributed by atoms with Crippen LogP contribution in [0.5, 0.6) is 0 Å². The maximum atomic E-state index is 13.9. The molecular formula is C31H33N5O2. The van der Waals surface area contributed by atoms with Gasteiger partial charge in [0.25, 0.3) is 0 Å². The molecule has 2 aliphatic heterocycles. The van der Waals surface area contributed by atoms with Crippen LogP contribution in [0.4, 0.5) is 5.69 Å². The summed E-state index contributed by atoms with van der Waals surface area (Å²) in [6.07, 6.45) is 2.41. The van der Waals surface area contributed by atoms with Gasteiger partial charge < -0.3 is 14.6 Å². The molecule has 2 aromatic carbocycles. The van der Waals surface area contributed by atoms with Crippen LogP contribution in [0.25, 0.3) is 10.9 Å². The molecule has 0 bridgehead atoms. The van der Waals surface area contributed by atoms with Crippen molar-refractivity contribution in [2.75, 3.05) is 44.3 Å². The highest BCUT2D eigenvalue weighted by atomic mass is 16.5. The lowest BCUT2D eigenvalue weighted by Gasteiger charge is -2.46. The molecule has 0 radical (unpaired) electrons. The Bertz CT molecular complexity index is 1520. The Balaban J connectivity index is 1.38. The maximum Gasteiger partial charge on any atom is 0.195 e. The molecule has 0 spiro atoms. The molecule has 3 heterocycles. The van der Waals surface area contributed by atoms with Gasteiger partial charge in [0, 0.05) is 59.4 Å². The van der Waals surface area contributed by atoms with Crippen molar-refractivity contribution in [1.82, 2.24) is 9.88 Å². The molecule has 1 aliphatic carbocycles. The zero-order valence-electron chi connectivity index (χ0n) is 22.4. The van der Waals surface area contributed by atoms with Gasteiger partial charge in [0.2, 0.25) is 0 Å². The number of carbonyl (C=O) groups is 1. The highest BCUT2D eigenvalue weighted by Gasteiger charge is 2.43. The number of piperidine rings is 1. The van der Waals surface area contributed by atoms with E-state index in [9.17, 15) is 15.3 Å². The Labute approximate surface area is 223 Å². The van der Waals surface area contributed by atoms with Gasteiger partial charge in [-0.05, 0) is 54.7 Å². The van der Waals surface area contributed by atoms with Crippen molar-refractivity contribution in [3.8, 4) is 12.1 Å². The SMILES string of the molecule is CCc1cc2c(cc1N1CCC(C#N)(N3CCOCC3)CC1)C(C)(C)c1[nH]c3cc(C#N)ccc3c1C2=O. The average molecular weight is 508 g/mol. The molecule has 0 saturated carbocycles. The number of aromatic nitrogens is 1. The second-order valence-corrected chi connectivity index (χ2v) is 11.3. The highest BCUT2D eigenvalue weighted by Crippen LogP contribution is 2.46. The van der Waals surface area contributed by atoms with Gasteiger partial charge in [0.05, 0.1) is 36.5 Å². The number of fused-ring (bicyclic) bond motifs is 4. The number of rotatable bonds is 3. The molecule has 2 saturated heterocycles. The molecule has 3 aromatic rings. The van der Waals surface area contributed by atoms with Crippen molar-refractivity contribution in [3.05, 3.63) is 63.8 Å². The van der Waals surface area contributed by atoms with Gasteiger partial charge in [-0.2, -0.15) is 10.5 Å². The maximum absolute atomic E-state index is 13.9. The van der Waals surface area contributed by atoms with E-state index >= 15 is 0 Å². The second kappa shape index (κ2) is 8.98. The fourth-order valence-corrected chi connectivity index (χ4v) is 6.76. The first kappa shape index (κ1) is 24.7. The molecule has 3 aliphatic rings. The topological polar surface area (TPSA) is 96.2 Å². The zero-order valence-corrected chi connectivity index (χ0v) is 22.4. The van der Waals surface area contributed by atoms with Gasteiger partial charge in [-0.3, -0.25) is 9.69 Å². The normalized spacial score (nSPS) is 20.4. The van der Waals surface area contributed by atoms with Crippen LogP contribution in [-0.4, -0.2) is 60.6 Å². The molecule has 1 N–H and O–H groups in total. The van der Waals surface area contributed by atoms with E-state index in [2.05, 4.69) is 59.8 Å². The number of benzene rings is 2. The summed E-state index contributed by atoms with van der Waals surface area (Å²) in [6.45, 7) is 11.1. The number of hydrogen-bond donors (Lipinski definition) is 1. The number of hydrogen-bond acceptors (Lipinski definition) is 6. The Hall–Kier alpha value is -3.65. The number of morpholine rings is 1. The average Bonchev–Trinajstić information content (AvgIpc) is 3.36. The van der Waals surface area contributed by atoms with Crippen LogP contribution in [-0.2, 0) is 16.6 Å². The summed E-state index contributed by atoms with van der Waals surface area (Å²) in [4.78, 5) is 22.2. The number of ketones is 1. The van der Waals surface area contributed by atoms with Crippen molar-refractivity contribution < 1.29 is 9.53 Å². The van der Waals surface area contributed by atoms with Crippen molar-refractivity contribution >= 4 is 22.4 Å². The fraction of sp³-hybridized carbons (Fsp3) is 0.452. The van der Waals surface area contributed by atoms with Crippen LogP contribution >= 0.6 is 0 Å². The Morgan fingerprint density at radius 3 is 2.45 bits per heavy atom. The minimum absolute atomic E-state index is 0.0426. The summed E-state index contributed by atoms with van der Waals surface area (Å²) in [5, 5.41) is 20.4. The first-order valence-corrected chi connectivity index (χ1v) is 13.6. The van der Waals surface area contributed by atoms with Gasteiger partial charge in [0.1, 0.15) is 5.54 Å². The molecule has 2 fully saturated rings. The quantitative estimate of drug-likeness (QED) is 0.554. The Kier molecular flexibility index (Phi) is 5.83. The minimum atomic E-state index is -0.433. The van der Waals surface area contributed by atoms with E-state index in [1.165, 1.54) is 11.3 Å². The Morgan fingerprint density at radius 1 is 1.05 bits per heavy atom. The largest absolute Gasteiger partial charge is 0.379 e. The second-order valence-electron chi connectivity index (χ2n) is 11.3. The van der Waals surface area contributed by atoms with Gasteiger partial charge in [0.15, 0.2) is 5.78 Å². The molecule has 0 amide bonds. The molecular weight excluding hydrogens is 474 g/mol. The van der Waals surface area contributed by atoms with E-state index in [0.29, 0.717) is 18.8 Å². The molecule has 1 aromatic heterocycles. The highest BCUT2D eigenvalue weighted by molar-refractivity contribution is 6.20. The van der Waals surface area contributed by atoms with E-state index < -0.39 is 11.0 Å². The van der Waals surface area contributed by atoms with Crippen molar-refractivity contribution in [2.45, 2.75) is 51.0 Å². The lowest BCUT2D eigenvalue weighted by Crippen LogP contribution is -2.57. The first-order valence-electron chi connectivity index (χ1n) is 13.6. The zero-order chi connectivity index (χ0) is 26.7. The minimum Gasteiger partial charge on any atom is -0.379 e. The summed E-state index contributed by atoms with van der Waals surface area (Å²) in [5.41, 5.74) is 6.32. The number of ether oxygens (including phenoxy) is 1. The lowest BCUT2D eigenvalue weighted by atomic mass is 9.70. The number of nitrogens with zero attached hydrogens (tertiary/aromatic N) is 4. The Morgan fingerprint density at radius 2 is 1.79 bits per heavy atom. The van der Waals surface area contributed by atoms with Crippen LogP contribution in [0.3, 0.4) is 0 Å². The van der Waals surface area contributed by atoms with Gasteiger partial charge in [-0.15, -0.1) is 0 Å². The van der Waals surface area contributed by atoms with Gasteiger partial charge in [-0.1, -0.05) is 26.8 Å². The van der Waals surface area contributed by atoms with Gasteiger partial charge >= 0.3 is 0 Å². The van der Waals surface area contributed by atoms with Gasteiger partial charge in [-0.25, -0.2) is 0 Å². The third kappa shape index (κ3) is 3.57. The number of nitrogens with one attached hydrogen (secondary N) is 1. The number of H-pyrrole nitrogens is 1. The number of aryl methyl sites for hydroxylation is 1. The summed E-state index contributed by atoms with van der Waals surface area (Å²) < 4.78 is 5.53. The molecule has 7 nitrogen and oxygen atoms in total. The third-order valence-electron chi connectivity index (χ3n) is 9.05. The van der Waals surface area contributed by atoms with E-state index in [0.717, 1.165) is 78.7 Å². The summed E-state index contributed by atoms with van der Waals surface area (Å²) >= 11 is 0. The number of aromatic amines is 1. The van der Waals surface area contributed by atoms with Crippen LogP contribution in [0.15, 0.2) is 30.3 Å². The van der Waals surface area contributed by atoms with Crippen LogP contribution in [0.2, 0.25) is 0 Å². The molecule has 6 rings (SSSR count). The van der Waals surface area contributed by atoms with Crippen molar-refractivity contribution in [1.29, 1.82) is 10.5 Å². The molecule has 0 atom stereocenters. The molecule has 38 heavy (non-hydrogen) atoms. The number of nitriles is 2. The van der Waals surface area contributed by atoms with E-state index in [1.807, 2.05) is 12.1 Å². The standard InChI is InChI=1S/C31H33N5O2/c1-4-21-16-23-24(17-26(21)35-9-7-31(19-33,8-10-35)36-11-13-38-14-12-36)30(2,3)29-27(28(23)37)22-6-5-20(18-32)15-25(22)34-29/h5-6,15-17,34H,4,7-14H2,1-3H3. The number of anilines is 1. The molecule has 194 valence electrons. The van der Waals surface area contributed by atoms with Crippen LogP contribution < -0.4 is 4.90 Å². The monoisotopic (exact) mass is 507 g/mol. The van der Waals surface area contributed by atoms with Crippen molar-refractivity contribution in [2.24, 2.45) is 0 Å². The molecule has 0 unspecified atom stereocenters. The summed E-state index contributed by atoms with van der Waals surface area (Å²) in [6, 6.07) is 14.7. The predicted octanol–water partition coefficient (Wildman–Crippen LogP) is 4.67. The van der Waals surface area contributed by atoms with E-state index in [-0.39, 0.29) is 5.78 Å². The van der Waals surface area contributed by atoms with E-state index in [1.54, 1.807) is 6.07 Å². The van der Waals surface area contributed by atoms with Crippen LogP contribution in [0, 0.1) is 22.7 Å². The summed E-state index contributed by atoms with van der Waals surface area (Å²) in [7, 11) is 0. The number of carbonyl (C=O) groups excluding carboxylic acids is 1.